The normalized spacial score (nSPS) is 17.5. The Bertz CT molecular complexity index is 926. The third-order valence-corrected chi connectivity index (χ3v) is 6.36. The predicted octanol–water partition coefficient (Wildman–Crippen LogP) is 5.73. The van der Waals surface area contributed by atoms with Gasteiger partial charge in [0, 0.05) is 4.88 Å². The number of thiophene rings is 1. The number of aromatic nitrogens is 2. The van der Waals surface area contributed by atoms with Gasteiger partial charge in [-0.15, -0.1) is 11.3 Å². The molecule has 0 spiro atoms. The summed E-state index contributed by atoms with van der Waals surface area (Å²) in [5, 5.41) is 4.24. The average molecular weight is 355 g/mol. The maximum absolute atomic E-state index is 14.0. The largest absolute Gasteiger partial charge is 0.337 e. The minimum absolute atomic E-state index is 0.272. The van der Waals surface area contributed by atoms with Crippen molar-refractivity contribution in [1.29, 1.82) is 0 Å². The fraction of sp³-hybridized carbons (Fsp3) is 0.400. The van der Waals surface area contributed by atoms with Gasteiger partial charge in [-0.05, 0) is 48.3 Å². The van der Waals surface area contributed by atoms with Crippen LogP contribution in [0.1, 0.15) is 37.6 Å². The summed E-state index contributed by atoms with van der Waals surface area (Å²) in [6.07, 6.45) is 4.88. The molecule has 0 amide bonds. The van der Waals surface area contributed by atoms with Gasteiger partial charge in [0.05, 0.1) is 11.1 Å². The second kappa shape index (κ2) is 6.06. The first-order valence-corrected chi connectivity index (χ1v) is 9.52. The Kier molecular flexibility index (Phi) is 3.99. The van der Waals surface area contributed by atoms with Gasteiger partial charge in [-0.2, -0.15) is 0 Å². The lowest BCUT2D eigenvalue weighted by Crippen LogP contribution is -2.26. The van der Waals surface area contributed by atoms with Gasteiger partial charge in [-0.3, -0.25) is 0 Å². The molecule has 0 bridgehead atoms. The minimum atomic E-state index is -0.272. The Hall–Kier alpha value is -2.01. The number of fused-ring (bicyclic) bond motifs is 3. The van der Waals surface area contributed by atoms with E-state index in [-0.39, 0.29) is 5.82 Å². The zero-order valence-electron chi connectivity index (χ0n) is 14.8. The molecule has 3 nitrogen and oxygen atoms in total. The summed E-state index contributed by atoms with van der Waals surface area (Å²) in [7, 11) is 0. The summed E-state index contributed by atoms with van der Waals surface area (Å²) in [5.74, 6) is 1.12. The molecule has 2 aromatic heterocycles. The zero-order valence-corrected chi connectivity index (χ0v) is 15.6. The summed E-state index contributed by atoms with van der Waals surface area (Å²) >= 11 is 1.76. The second-order valence-corrected chi connectivity index (χ2v) is 8.90. The van der Waals surface area contributed by atoms with Crippen molar-refractivity contribution in [2.24, 2.45) is 11.3 Å². The van der Waals surface area contributed by atoms with E-state index < -0.39 is 0 Å². The van der Waals surface area contributed by atoms with Crippen LogP contribution in [0.3, 0.4) is 0 Å². The molecule has 130 valence electrons. The minimum Gasteiger partial charge on any atom is -0.337 e. The molecule has 1 aliphatic carbocycles. The van der Waals surface area contributed by atoms with Crippen molar-refractivity contribution in [1.82, 2.24) is 9.97 Å². The summed E-state index contributed by atoms with van der Waals surface area (Å²) in [6.45, 7) is 6.96. The molecular formula is C20H22FN3S. The van der Waals surface area contributed by atoms with Gasteiger partial charge in [0.2, 0.25) is 0 Å². The van der Waals surface area contributed by atoms with E-state index in [1.54, 1.807) is 29.8 Å². The molecule has 3 aromatic rings. The van der Waals surface area contributed by atoms with E-state index in [0.717, 1.165) is 23.1 Å². The van der Waals surface area contributed by atoms with Crippen LogP contribution < -0.4 is 5.32 Å². The topological polar surface area (TPSA) is 37.8 Å². The Morgan fingerprint density at radius 3 is 2.76 bits per heavy atom. The SMILES string of the molecule is CC(C)(C)C1CCc2c(sc3ncnc(Nc4ccccc4F)c23)C1. The quantitative estimate of drug-likeness (QED) is 0.638. The number of hydrogen-bond donors (Lipinski definition) is 1. The highest BCUT2D eigenvalue weighted by Crippen LogP contribution is 2.44. The Morgan fingerprint density at radius 2 is 2.00 bits per heavy atom. The van der Waals surface area contributed by atoms with Crippen molar-refractivity contribution in [3.8, 4) is 0 Å². The molecule has 0 radical (unpaired) electrons. The molecule has 1 unspecified atom stereocenters. The van der Waals surface area contributed by atoms with Crippen LogP contribution in [0.4, 0.5) is 15.9 Å². The summed E-state index contributed by atoms with van der Waals surface area (Å²) in [6, 6.07) is 6.70. The molecule has 25 heavy (non-hydrogen) atoms. The van der Waals surface area contributed by atoms with Gasteiger partial charge >= 0.3 is 0 Å². The van der Waals surface area contributed by atoms with Gasteiger partial charge < -0.3 is 5.32 Å². The highest BCUT2D eigenvalue weighted by molar-refractivity contribution is 7.19. The van der Waals surface area contributed by atoms with Gasteiger partial charge in [0.1, 0.15) is 22.8 Å². The van der Waals surface area contributed by atoms with Crippen LogP contribution in [0, 0.1) is 17.2 Å². The van der Waals surface area contributed by atoms with Crippen LogP contribution in [0.2, 0.25) is 0 Å². The number of nitrogens with zero attached hydrogens (tertiary/aromatic N) is 2. The van der Waals surface area contributed by atoms with Crippen molar-refractivity contribution in [3.05, 3.63) is 46.9 Å². The number of para-hydroxylation sites is 1. The van der Waals surface area contributed by atoms with E-state index in [4.69, 9.17) is 0 Å². The van der Waals surface area contributed by atoms with Crippen LogP contribution in [-0.2, 0) is 12.8 Å². The van der Waals surface area contributed by atoms with Crippen LogP contribution >= 0.6 is 11.3 Å². The molecular weight excluding hydrogens is 333 g/mol. The monoisotopic (exact) mass is 355 g/mol. The number of halogens is 1. The average Bonchev–Trinajstić information content (AvgIpc) is 2.94. The van der Waals surface area contributed by atoms with E-state index in [1.807, 2.05) is 6.07 Å². The number of aryl methyl sites for hydroxylation is 1. The molecule has 1 aromatic carbocycles. The number of nitrogens with one attached hydrogen (secondary N) is 1. The van der Waals surface area contributed by atoms with Crippen molar-refractivity contribution in [2.45, 2.75) is 40.0 Å². The van der Waals surface area contributed by atoms with Crippen LogP contribution in [0.25, 0.3) is 10.2 Å². The number of rotatable bonds is 2. The van der Waals surface area contributed by atoms with Crippen LogP contribution in [0.15, 0.2) is 30.6 Å². The molecule has 0 aliphatic heterocycles. The lowest BCUT2D eigenvalue weighted by molar-refractivity contribution is 0.218. The Morgan fingerprint density at radius 1 is 1.20 bits per heavy atom. The van der Waals surface area contributed by atoms with E-state index in [1.165, 1.54) is 22.9 Å². The van der Waals surface area contributed by atoms with Gasteiger partial charge in [-0.1, -0.05) is 32.9 Å². The van der Waals surface area contributed by atoms with Crippen molar-refractivity contribution < 1.29 is 4.39 Å². The fourth-order valence-electron chi connectivity index (χ4n) is 3.63. The highest BCUT2D eigenvalue weighted by atomic mass is 32.1. The number of hydrogen-bond acceptors (Lipinski definition) is 4. The first kappa shape index (κ1) is 16.5. The van der Waals surface area contributed by atoms with E-state index in [9.17, 15) is 4.39 Å². The van der Waals surface area contributed by atoms with Crippen molar-refractivity contribution in [3.63, 3.8) is 0 Å². The van der Waals surface area contributed by atoms with Gasteiger partial charge in [0.25, 0.3) is 0 Å². The predicted molar refractivity (Wildman–Crippen MR) is 102 cm³/mol. The lowest BCUT2D eigenvalue weighted by atomic mass is 9.72. The maximum Gasteiger partial charge on any atom is 0.146 e. The smallest absolute Gasteiger partial charge is 0.146 e. The van der Waals surface area contributed by atoms with Gasteiger partial charge in [-0.25, -0.2) is 14.4 Å². The van der Waals surface area contributed by atoms with Gasteiger partial charge in [0.15, 0.2) is 0 Å². The molecule has 0 saturated carbocycles. The molecule has 0 fully saturated rings. The summed E-state index contributed by atoms with van der Waals surface area (Å²) < 4.78 is 14.0. The fourth-order valence-corrected chi connectivity index (χ4v) is 4.90. The van der Waals surface area contributed by atoms with E-state index in [0.29, 0.717) is 22.8 Å². The standard InChI is InChI=1S/C20H22FN3S/c1-20(2,3)12-8-9-13-16(10-12)25-19-17(13)18(22-11-23-19)24-15-7-5-4-6-14(15)21/h4-7,11-12H,8-10H2,1-3H3,(H,22,23,24). The van der Waals surface area contributed by atoms with Crippen molar-refractivity contribution >= 4 is 33.1 Å². The van der Waals surface area contributed by atoms with E-state index >= 15 is 0 Å². The van der Waals surface area contributed by atoms with Crippen LogP contribution in [0.5, 0.6) is 0 Å². The molecule has 1 atom stereocenters. The first-order chi connectivity index (χ1) is 11.9. The molecule has 2 heterocycles. The van der Waals surface area contributed by atoms with Crippen LogP contribution in [-0.4, -0.2) is 9.97 Å². The molecule has 1 N–H and O–H groups in total. The zero-order chi connectivity index (χ0) is 17.6. The number of anilines is 2. The maximum atomic E-state index is 14.0. The highest BCUT2D eigenvalue weighted by Gasteiger charge is 2.31. The molecule has 4 rings (SSSR count). The number of benzene rings is 1. The van der Waals surface area contributed by atoms with Crippen molar-refractivity contribution in [2.75, 3.05) is 5.32 Å². The molecule has 0 saturated heterocycles. The molecule has 5 heteroatoms. The summed E-state index contributed by atoms with van der Waals surface area (Å²) in [4.78, 5) is 11.3. The molecule has 1 aliphatic rings. The first-order valence-electron chi connectivity index (χ1n) is 8.70. The Labute approximate surface area is 151 Å². The third kappa shape index (κ3) is 3.01. The lowest BCUT2D eigenvalue weighted by Gasteiger charge is -2.33. The third-order valence-electron chi connectivity index (χ3n) is 5.20. The summed E-state index contributed by atoms with van der Waals surface area (Å²) in [5.41, 5.74) is 2.11. The Balaban J connectivity index is 1.76. The second-order valence-electron chi connectivity index (χ2n) is 7.82. The van der Waals surface area contributed by atoms with E-state index in [2.05, 4.69) is 36.1 Å².